The van der Waals surface area contributed by atoms with E-state index in [0.29, 0.717) is 11.7 Å². The van der Waals surface area contributed by atoms with Crippen LogP contribution >= 0.6 is 11.3 Å². The molecule has 0 aliphatic carbocycles. The highest BCUT2D eigenvalue weighted by Gasteiger charge is 2.08. The quantitative estimate of drug-likeness (QED) is 0.857. The molecule has 2 N–H and O–H groups in total. The predicted molar refractivity (Wildman–Crippen MR) is 83.7 cm³/mol. The monoisotopic (exact) mass is 306 g/mol. The molecule has 0 saturated heterocycles. The lowest BCUT2D eigenvalue weighted by atomic mass is 10.1. The molecule has 1 aromatic carbocycles. The molecule has 2 rings (SSSR count). The second-order valence-corrected chi connectivity index (χ2v) is 5.70. The van der Waals surface area contributed by atoms with Crippen LogP contribution in [0.15, 0.2) is 18.2 Å². The SMILES string of the molecule is COCc1nnc(NC(=O)CNc2ccc(C)c(C)c2)s1. The van der Waals surface area contributed by atoms with Gasteiger partial charge in [-0.3, -0.25) is 10.1 Å². The van der Waals surface area contributed by atoms with E-state index in [9.17, 15) is 4.79 Å². The van der Waals surface area contributed by atoms with Crippen LogP contribution in [0, 0.1) is 13.8 Å². The molecule has 0 aliphatic heterocycles. The first-order valence-corrected chi connectivity index (χ1v) is 7.32. The van der Waals surface area contributed by atoms with E-state index in [2.05, 4.69) is 27.8 Å². The molecule has 0 radical (unpaired) electrons. The summed E-state index contributed by atoms with van der Waals surface area (Å²) in [6.45, 7) is 4.67. The average molecular weight is 306 g/mol. The minimum atomic E-state index is -0.159. The third-order valence-corrected chi connectivity index (χ3v) is 3.75. The van der Waals surface area contributed by atoms with E-state index in [1.807, 2.05) is 25.1 Å². The van der Waals surface area contributed by atoms with E-state index >= 15 is 0 Å². The zero-order chi connectivity index (χ0) is 15.2. The molecule has 0 saturated carbocycles. The van der Waals surface area contributed by atoms with Gasteiger partial charge in [0.25, 0.3) is 0 Å². The highest BCUT2D eigenvalue weighted by molar-refractivity contribution is 7.15. The molecule has 0 spiro atoms. The summed E-state index contributed by atoms with van der Waals surface area (Å²) in [6, 6.07) is 6.00. The predicted octanol–water partition coefficient (Wildman–Crippen LogP) is 2.35. The fourth-order valence-electron chi connectivity index (χ4n) is 1.68. The number of nitrogens with one attached hydrogen (secondary N) is 2. The zero-order valence-electron chi connectivity index (χ0n) is 12.3. The molecular weight excluding hydrogens is 288 g/mol. The topological polar surface area (TPSA) is 76.1 Å². The van der Waals surface area contributed by atoms with Gasteiger partial charge in [0, 0.05) is 12.8 Å². The first-order valence-electron chi connectivity index (χ1n) is 6.51. The van der Waals surface area contributed by atoms with Crippen LogP contribution in [0.4, 0.5) is 10.8 Å². The summed E-state index contributed by atoms with van der Waals surface area (Å²) in [5, 5.41) is 14.8. The van der Waals surface area contributed by atoms with E-state index in [1.54, 1.807) is 7.11 Å². The number of carbonyl (C=O) groups is 1. The van der Waals surface area contributed by atoms with Crippen LogP contribution in [0.3, 0.4) is 0 Å². The van der Waals surface area contributed by atoms with Crippen LogP contribution in [0.2, 0.25) is 0 Å². The van der Waals surface area contributed by atoms with Crippen molar-refractivity contribution in [2.24, 2.45) is 0 Å². The number of amides is 1. The number of rotatable bonds is 6. The van der Waals surface area contributed by atoms with Gasteiger partial charge in [0.15, 0.2) is 0 Å². The van der Waals surface area contributed by atoms with Gasteiger partial charge in [0.1, 0.15) is 11.6 Å². The maximum absolute atomic E-state index is 11.8. The van der Waals surface area contributed by atoms with Gasteiger partial charge < -0.3 is 10.1 Å². The molecular formula is C14H18N4O2S. The molecule has 1 aromatic heterocycles. The van der Waals surface area contributed by atoms with Crippen LogP contribution in [0.1, 0.15) is 16.1 Å². The smallest absolute Gasteiger partial charge is 0.245 e. The molecule has 0 atom stereocenters. The fourth-order valence-corrected chi connectivity index (χ4v) is 2.41. The van der Waals surface area contributed by atoms with Crippen LogP contribution < -0.4 is 10.6 Å². The van der Waals surface area contributed by atoms with Crippen molar-refractivity contribution in [2.45, 2.75) is 20.5 Å². The normalized spacial score (nSPS) is 10.4. The van der Waals surface area contributed by atoms with Crippen LogP contribution in [0.5, 0.6) is 0 Å². The Morgan fingerprint density at radius 1 is 1.29 bits per heavy atom. The lowest BCUT2D eigenvalue weighted by molar-refractivity contribution is -0.114. The number of methoxy groups -OCH3 is 1. The molecule has 6 nitrogen and oxygen atoms in total. The number of benzene rings is 1. The number of anilines is 2. The van der Waals surface area contributed by atoms with Crippen molar-refractivity contribution in [2.75, 3.05) is 24.3 Å². The lowest BCUT2D eigenvalue weighted by Gasteiger charge is -2.08. The Bertz CT molecular complexity index is 627. The molecule has 21 heavy (non-hydrogen) atoms. The first-order chi connectivity index (χ1) is 10.1. The number of hydrogen-bond acceptors (Lipinski definition) is 6. The Kier molecular flexibility index (Phi) is 5.24. The summed E-state index contributed by atoms with van der Waals surface area (Å²) in [7, 11) is 1.59. The molecule has 112 valence electrons. The van der Waals surface area contributed by atoms with Crippen LogP contribution in [0.25, 0.3) is 0 Å². The molecule has 0 fully saturated rings. The van der Waals surface area contributed by atoms with E-state index in [4.69, 9.17) is 4.74 Å². The Morgan fingerprint density at radius 2 is 2.10 bits per heavy atom. The first kappa shape index (κ1) is 15.4. The Hall–Kier alpha value is -1.99. The lowest BCUT2D eigenvalue weighted by Crippen LogP contribution is -2.21. The Balaban J connectivity index is 1.85. The number of ether oxygens (including phenoxy) is 1. The summed E-state index contributed by atoms with van der Waals surface area (Å²) in [5.41, 5.74) is 3.34. The molecule has 0 unspecified atom stereocenters. The summed E-state index contributed by atoms with van der Waals surface area (Å²) >= 11 is 1.30. The summed E-state index contributed by atoms with van der Waals surface area (Å²) in [5.74, 6) is -0.159. The van der Waals surface area contributed by atoms with Crippen molar-refractivity contribution >= 4 is 28.1 Å². The number of carbonyl (C=O) groups excluding carboxylic acids is 1. The minimum absolute atomic E-state index is 0.159. The van der Waals surface area contributed by atoms with Crippen molar-refractivity contribution in [1.82, 2.24) is 10.2 Å². The van der Waals surface area contributed by atoms with Crippen molar-refractivity contribution in [3.05, 3.63) is 34.3 Å². The van der Waals surface area contributed by atoms with Crippen LogP contribution in [-0.4, -0.2) is 29.8 Å². The number of hydrogen-bond donors (Lipinski definition) is 2. The molecule has 1 heterocycles. The van der Waals surface area contributed by atoms with Gasteiger partial charge in [-0.05, 0) is 37.1 Å². The third-order valence-electron chi connectivity index (χ3n) is 2.94. The molecule has 7 heteroatoms. The van der Waals surface area contributed by atoms with Crippen molar-refractivity contribution in [3.8, 4) is 0 Å². The minimum Gasteiger partial charge on any atom is -0.377 e. The number of aryl methyl sites for hydroxylation is 2. The molecule has 2 aromatic rings. The van der Waals surface area contributed by atoms with E-state index < -0.39 is 0 Å². The molecule has 1 amide bonds. The van der Waals surface area contributed by atoms with Gasteiger partial charge in [0.05, 0.1) is 6.54 Å². The zero-order valence-corrected chi connectivity index (χ0v) is 13.1. The average Bonchev–Trinajstić information content (AvgIpc) is 2.88. The van der Waals surface area contributed by atoms with Gasteiger partial charge in [-0.15, -0.1) is 10.2 Å². The third kappa shape index (κ3) is 4.51. The van der Waals surface area contributed by atoms with Crippen molar-refractivity contribution < 1.29 is 9.53 Å². The Morgan fingerprint density at radius 3 is 2.81 bits per heavy atom. The van der Waals surface area contributed by atoms with Gasteiger partial charge >= 0.3 is 0 Å². The van der Waals surface area contributed by atoms with Crippen molar-refractivity contribution in [3.63, 3.8) is 0 Å². The summed E-state index contributed by atoms with van der Waals surface area (Å²) < 4.78 is 4.96. The van der Waals surface area contributed by atoms with E-state index in [1.165, 1.54) is 22.5 Å². The molecule has 0 aliphatic rings. The number of aromatic nitrogens is 2. The van der Waals surface area contributed by atoms with Gasteiger partial charge in [-0.2, -0.15) is 0 Å². The number of nitrogens with zero attached hydrogens (tertiary/aromatic N) is 2. The van der Waals surface area contributed by atoms with E-state index in [-0.39, 0.29) is 12.5 Å². The van der Waals surface area contributed by atoms with Gasteiger partial charge in [-0.1, -0.05) is 17.4 Å². The maximum Gasteiger partial charge on any atom is 0.245 e. The highest BCUT2D eigenvalue weighted by Crippen LogP contribution is 2.16. The molecule has 0 bridgehead atoms. The van der Waals surface area contributed by atoms with Gasteiger partial charge in [-0.25, -0.2) is 0 Å². The fraction of sp³-hybridized carbons (Fsp3) is 0.357. The second-order valence-electron chi connectivity index (χ2n) is 4.63. The summed E-state index contributed by atoms with van der Waals surface area (Å²) in [6.07, 6.45) is 0. The van der Waals surface area contributed by atoms with Gasteiger partial charge in [0.2, 0.25) is 11.0 Å². The van der Waals surface area contributed by atoms with Crippen LogP contribution in [-0.2, 0) is 16.1 Å². The van der Waals surface area contributed by atoms with Crippen molar-refractivity contribution in [1.29, 1.82) is 0 Å². The second kappa shape index (κ2) is 7.14. The Labute approximate surface area is 127 Å². The standard InChI is InChI=1S/C14H18N4O2S/c1-9-4-5-11(6-10(9)2)15-7-12(19)16-14-18-17-13(21-14)8-20-3/h4-6,15H,7-8H2,1-3H3,(H,16,18,19). The maximum atomic E-state index is 11.8. The van der Waals surface area contributed by atoms with E-state index in [0.717, 1.165) is 10.7 Å². The highest BCUT2D eigenvalue weighted by atomic mass is 32.1. The summed E-state index contributed by atoms with van der Waals surface area (Å²) in [4.78, 5) is 11.8. The largest absolute Gasteiger partial charge is 0.377 e.